The van der Waals surface area contributed by atoms with Crippen LogP contribution in [0.25, 0.3) is 0 Å². The van der Waals surface area contributed by atoms with Crippen molar-refractivity contribution in [1.29, 1.82) is 0 Å². The van der Waals surface area contributed by atoms with Crippen LogP contribution in [-0.4, -0.2) is 32.7 Å². The summed E-state index contributed by atoms with van der Waals surface area (Å²) in [6.07, 6.45) is 1.45. The van der Waals surface area contributed by atoms with E-state index in [-0.39, 0.29) is 6.61 Å². The van der Waals surface area contributed by atoms with Crippen molar-refractivity contribution in [2.24, 2.45) is 0 Å². The predicted octanol–water partition coefficient (Wildman–Crippen LogP) is 0.196. The molecular weight excluding hydrogens is 182 g/mol. The lowest BCUT2D eigenvalue weighted by Crippen LogP contribution is -2.15. The topological polar surface area (TPSA) is 75.6 Å². The summed E-state index contributed by atoms with van der Waals surface area (Å²) in [6.45, 7) is 3.78. The van der Waals surface area contributed by atoms with Gasteiger partial charge >= 0.3 is 10.4 Å². The molecule has 0 rings (SSSR count). The summed E-state index contributed by atoms with van der Waals surface area (Å²) in [4.78, 5) is 0. The largest absolute Gasteiger partial charge is 0.397 e. The molecule has 0 atom stereocenters. The summed E-state index contributed by atoms with van der Waals surface area (Å²) in [5, 5.41) is 3.08. The lowest BCUT2D eigenvalue weighted by atomic mass is 10.3. The van der Waals surface area contributed by atoms with E-state index in [4.69, 9.17) is 4.55 Å². The average molecular weight is 197 g/mol. The zero-order valence-electron chi connectivity index (χ0n) is 7.12. The first-order valence-electron chi connectivity index (χ1n) is 3.89. The monoisotopic (exact) mass is 197 g/mol. The third-order valence-electron chi connectivity index (χ3n) is 1.23. The fourth-order valence-electron chi connectivity index (χ4n) is 0.693. The van der Waals surface area contributed by atoms with Crippen molar-refractivity contribution in [1.82, 2.24) is 5.32 Å². The summed E-state index contributed by atoms with van der Waals surface area (Å²) in [7, 11) is -4.24. The van der Waals surface area contributed by atoms with E-state index in [1.165, 1.54) is 0 Å². The van der Waals surface area contributed by atoms with Crippen LogP contribution in [0.4, 0.5) is 0 Å². The van der Waals surface area contributed by atoms with Crippen LogP contribution in [0.2, 0.25) is 0 Å². The summed E-state index contributed by atoms with van der Waals surface area (Å²) in [5.74, 6) is 0. The van der Waals surface area contributed by atoms with Gasteiger partial charge in [0.2, 0.25) is 0 Å². The van der Waals surface area contributed by atoms with Crippen LogP contribution in [0.3, 0.4) is 0 Å². The van der Waals surface area contributed by atoms with E-state index >= 15 is 0 Å². The van der Waals surface area contributed by atoms with Gasteiger partial charge in [0.1, 0.15) is 0 Å². The third kappa shape index (κ3) is 9.83. The van der Waals surface area contributed by atoms with Gasteiger partial charge in [0.15, 0.2) is 0 Å². The van der Waals surface area contributed by atoms with Crippen LogP contribution in [0, 0.1) is 0 Å². The molecule has 0 fully saturated rings. The first-order valence-corrected chi connectivity index (χ1v) is 5.25. The van der Waals surface area contributed by atoms with Crippen molar-refractivity contribution in [3.05, 3.63) is 0 Å². The van der Waals surface area contributed by atoms with Crippen molar-refractivity contribution >= 4 is 10.4 Å². The molecule has 0 unspecified atom stereocenters. The van der Waals surface area contributed by atoms with Crippen molar-refractivity contribution in [2.45, 2.75) is 19.8 Å². The first-order chi connectivity index (χ1) is 5.56. The van der Waals surface area contributed by atoms with Gasteiger partial charge in [-0.2, -0.15) is 8.42 Å². The van der Waals surface area contributed by atoms with Crippen LogP contribution in [-0.2, 0) is 14.6 Å². The number of rotatable bonds is 7. The molecule has 0 aromatic carbocycles. The highest BCUT2D eigenvalue weighted by atomic mass is 32.3. The zero-order valence-corrected chi connectivity index (χ0v) is 7.93. The van der Waals surface area contributed by atoms with Gasteiger partial charge in [-0.15, -0.1) is 0 Å². The molecule has 0 aromatic rings. The van der Waals surface area contributed by atoms with E-state index in [0.29, 0.717) is 6.42 Å². The van der Waals surface area contributed by atoms with Gasteiger partial charge in [0.05, 0.1) is 6.61 Å². The molecule has 0 saturated carbocycles. The van der Waals surface area contributed by atoms with Gasteiger partial charge in [0.25, 0.3) is 0 Å². The molecule has 6 heteroatoms. The maximum Gasteiger partial charge on any atom is 0.397 e. The Hall–Kier alpha value is -0.170. The Kier molecular flexibility index (Phi) is 6.27. The summed E-state index contributed by atoms with van der Waals surface area (Å²) >= 11 is 0. The normalized spacial score (nSPS) is 11.8. The van der Waals surface area contributed by atoms with Crippen LogP contribution < -0.4 is 5.32 Å². The highest BCUT2D eigenvalue weighted by molar-refractivity contribution is 7.80. The van der Waals surface area contributed by atoms with Crippen molar-refractivity contribution in [3.63, 3.8) is 0 Å². The molecule has 0 heterocycles. The Labute approximate surface area is 73.1 Å². The molecule has 0 spiro atoms. The van der Waals surface area contributed by atoms with Gasteiger partial charge < -0.3 is 5.32 Å². The van der Waals surface area contributed by atoms with Gasteiger partial charge in [0, 0.05) is 0 Å². The van der Waals surface area contributed by atoms with E-state index in [1.807, 2.05) is 6.92 Å². The lowest BCUT2D eigenvalue weighted by molar-refractivity contribution is 0.262. The second kappa shape index (κ2) is 6.36. The second-order valence-electron chi connectivity index (χ2n) is 2.31. The van der Waals surface area contributed by atoms with Crippen LogP contribution in [0.5, 0.6) is 0 Å². The Bertz CT molecular complexity index is 190. The van der Waals surface area contributed by atoms with Gasteiger partial charge in [-0.3, -0.25) is 4.55 Å². The molecule has 0 aliphatic carbocycles. The highest BCUT2D eigenvalue weighted by Crippen LogP contribution is 1.92. The minimum atomic E-state index is -4.24. The molecule has 0 aliphatic rings. The summed E-state index contributed by atoms with van der Waals surface area (Å²) in [5.41, 5.74) is 0. The highest BCUT2D eigenvalue weighted by Gasteiger charge is 2.01. The van der Waals surface area contributed by atoms with E-state index < -0.39 is 10.4 Å². The fraction of sp³-hybridized carbons (Fsp3) is 1.00. The molecule has 0 radical (unpaired) electrons. The van der Waals surface area contributed by atoms with E-state index in [2.05, 4.69) is 9.50 Å². The Morgan fingerprint density at radius 3 is 2.58 bits per heavy atom. The maximum atomic E-state index is 10.0. The smallest absolute Gasteiger partial charge is 0.317 e. The third-order valence-corrected chi connectivity index (χ3v) is 1.69. The number of unbranched alkanes of at least 4 members (excludes halogenated alkanes) is 1. The lowest BCUT2D eigenvalue weighted by Gasteiger charge is -2.00. The number of nitrogens with one attached hydrogen (secondary N) is 1. The Morgan fingerprint density at radius 2 is 2.08 bits per heavy atom. The molecule has 0 aliphatic heterocycles. The molecule has 74 valence electrons. The van der Waals surface area contributed by atoms with Crippen LogP contribution in [0.1, 0.15) is 19.8 Å². The average Bonchev–Trinajstić information content (AvgIpc) is 1.94. The molecule has 0 bridgehead atoms. The second-order valence-corrected chi connectivity index (χ2v) is 3.40. The molecule has 0 saturated heterocycles. The molecule has 5 nitrogen and oxygen atoms in total. The van der Waals surface area contributed by atoms with Crippen molar-refractivity contribution < 1.29 is 17.2 Å². The van der Waals surface area contributed by atoms with Gasteiger partial charge in [-0.25, -0.2) is 4.18 Å². The van der Waals surface area contributed by atoms with E-state index in [0.717, 1.165) is 19.5 Å². The van der Waals surface area contributed by atoms with E-state index in [9.17, 15) is 8.42 Å². The predicted molar refractivity (Wildman–Crippen MR) is 45.3 cm³/mol. The molecule has 0 amide bonds. The minimum Gasteiger partial charge on any atom is -0.317 e. The Balaban J connectivity index is 3.12. The molecular formula is C6H15NO4S. The zero-order chi connectivity index (χ0) is 9.45. The van der Waals surface area contributed by atoms with Crippen molar-refractivity contribution in [3.8, 4) is 0 Å². The SMILES string of the molecule is CCNCCCCOS(=O)(=O)O. The summed E-state index contributed by atoms with van der Waals surface area (Å²) < 4.78 is 32.3. The number of hydrogen-bond acceptors (Lipinski definition) is 4. The summed E-state index contributed by atoms with van der Waals surface area (Å²) in [6, 6.07) is 0. The Morgan fingerprint density at radius 1 is 1.42 bits per heavy atom. The molecule has 12 heavy (non-hydrogen) atoms. The van der Waals surface area contributed by atoms with Gasteiger partial charge in [-0.1, -0.05) is 6.92 Å². The van der Waals surface area contributed by atoms with Gasteiger partial charge in [-0.05, 0) is 25.9 Å². The standard InChI is InChI=1S/C6H15NO4S/c1-2-7-5-3-4-6-11-12(8,9)10/h7H,2-6H2,1H3,(H,8,9,10). The molecule has 0 aromatic heterocycles. The maximum absolute atomic E-state index is 10.0. The first kappa shape index (κ1) is 11.8. The van der Waals surface area contributed by atoms with Crippen LogP contribution >= 0.6 is 0 Å². The van der Waals surface area contributed by atoms with Crippen LogP contribution in [0.15, 0.2) is 0 Å². The molecule has 2 N–H and O–H groups in total. The van der Waals surface area contributed by atoms with Crippen molar-refractivity contribution in [2.75, 3.05) is 19.7 Å². The fourth-order valence-corrected chi connectivity index (χ4v) is 1.02. The van der Waals surface area contributed by atoms with E-state index in [1.54, 1.807) is 0 Å². The number of hydrogen-bond donors (Lipinski definition) is 2. The minimum absolute atomic E-state index is 0.0459. The quantitative estimate of drug-likeness (QED) is 0.450.